The molecule has 4 aromatic rings. The third kappa shape index (κ3) is 5.38. The van der Waals surface area contributed by atoms with Crippen LogP contribution in [0, 0.1) is 0 Å². The second-order valence-electron chi connectivity index (χ2n) is 9.26. The Morgan fingerprint density at radius 1 is 0.971 bits per heavy atom. The molecule has 178 valence electrons. The minimum Gasteiger partial charge on any atom is -0.392 e. The largest absolute Gasteiger partial charge is 0.392 e. The Morgan fingerprint density at radius 3 is 2.56 bits per heavy atom. The first-order chi connectivity index (χ1) is 16.8. The molecule has 34 heavy (non-hydrogen) atoms. The van der Waals surface area contributed by atoms with Gasteiger partial charge in [-0.1, -0.05) is 24.3 Å². The van der Waals surface area contributed by atoms with E-state index in [2.05, 4.69) is 61.9 Å². The summed E-state index contributed by atoms with van der Waals surface area (Å²) >= 11 is 0. The van der Waals surface area contributed by atoms with Crippen LogP contribution in [0.1, 0.15) is 36.0 Å². The number of H-pyrrole nitrogens is 1. The van der Waals surface area contributed by atoms with Crippen LogP contribution < -0.4 is 5.32 Å². The second-order valence-corrected chi connectivity index (χ2v) is 9.26. The average molecular weight is 459 g/mol. The molecule has 5 rings (SSSR count). The van der Waals surface area contributed by atoms with E-state index in [0.29, 0.717) is 6.04 Å². The molecule has 7 nitrogen and oxygen atoms in total. The summed E-state index contributed by atoms with van der Waals surface area (Å²) in [7, 11) is 0. The van der Waals surface area contributed by atoms with Gasteiger partial charge < -0.3 is 20.3 Å². The summed E-state index contributed by atoms with van der Waals surface area (Å²) in [5.41, 5.74) is 5.95. The van der Waals surface area contributed by atoms with E-state index in [1.165, 1.54) is 41.3 Å². The number of hydrogen-bond acceptors (Lipinski definition) is 5. The highest BCUT2D eigenvalue weighted by Gasteiger charge is 2.18. The van der Waals surface area contributed by atoms with Crippen molar-refractivity contribution in [3.05, 3.63) is 78.0 Å². The Morgan fingerprint density at radius 2 is 1.76 bits per heavy atom. The molecule has 1 fully saturated rings. The van der Waals surface area contributed by atoms with Crippen LogP contribution in [0.2, 0.25) is 0 Å². The predicted molar refractivity (Wildman–Crippen MR) is 135 cm³/mol. The standard InChI is InChI=1S/C27H34N6O/c34-18-23-5-2-1-4-21(23)9-12-28-24-10-14-32(15-11-24)13-3-6-22-17-29-27-8-7-25(16-26(22)27)33-19-30-31-20-33/h1-2,4-5,7-8,16-17,19-20,24,28-29,34H,3,6,9-15,18H2. The molecule has 2 aromatic carbocycles. The average Bonchev–Trinajstić information content (AvgIpc) is 3.56. The number of nitrogens with one attached hydrogen (secondary N) is 2. The topological polar surface area (TPSA) is 82.0 Å². The lowest BCUT2D eigenvalue weighted by molar-refractivity contribution is 0.196. The maximum Gasteiger partial charge on any atom is 0.123 e. The second kappa shape index (κ2) is 11.0. The lowest BCUT2D eigenvalue weighted by atomic mass is 10.0. The smallest absolute Gasteiger partial charge is 0.123 e. The fraction of sp³-hybridized carbons (Fsp3) is 0.407. The van der Waals surface area contributed by atoms with Crippen molar-refractivity contribution in [3.8, 4) is 5.69 Å². The number of likely N-dealkylation sites (tertiary alicyclic amines) is 1. The number of aromatic amines is 1. The van der Waals surface area contributed by atoms with Gasteiger partial charge in [0.25, 0.3) is 0 Å². The van der Waals surface area contributed by atoms with E-state index >= 15 is 0 Å². The van der Waals surface area contributed by atoms with E-state index in [4.69, 9.17) is 0 Å². The normalized spacial score (nSPS) is 15.3. The predicted octanol–water partition coefficient (Wildman–Crippen LogP) is 3.47. The quantitative estimate of drug-likeness (QED) is 0.339. The molecule has 3 N–H and O–H groups in total. The van der Waals surface area contributed by atoms with Gasteiger partial charge in [0.05, 0.1) is 6.61 Å². The molecule has 0 saturated carbocycles. The van der Waals surface area contributed by atoms with Crippen LogP contribution in [0.5, 0.6) is 0 Å². The summed E-state index contributed by atoms with van der Waals surface area (Å²) in [5, 5.41) is 22.4. The lowest BCUT2D eigenvalue weighted by Gasteiger charge is -2.32. The molecule has 1 aliphatic rings. The fourth-order valence-electron chi connectivity index (χ4n) is 5.09. The highest BCUT2D eigenvalue weighted by Crippen LogP contribution is 2.23. The van der Waals surface area contributed by atoms with Crippen LogP contribution in [0.4, 0.5) is 0 Å². The van der Waals surface area contributed by atoms with Crippen LogP contribution in [-0.2, 0) is 19.4 Å². The Hall–Kier alpha value is -3.00. The number of piperidine rings is 1. The summed E-state index contributed by atoms with van der Waals surface area (Å²) in [6, 6.07) is 15.2. The van der Waals surface area contributed by atoms with Crippen LogP contribution in [0.25, 0.3) is 16.6 Å². The van der Waals surface area contributed by atoms with Crippen LogP contribution >= 0.6 is 0 Å². The van der Waals surface area contributed by atoms with Crippen LogP contribution in [-0.4, -0.2) is 62.0 Å². The Bertz CT molecular complexity index is 1180. The summed E-state index contributed by atoms with van der Waals surface area (Å²) in [6.45, 7) is 4.57. The van der Waals surface area contributed by atoms with E-state index in [1.807, 2.05) is 16.7 Å². The van der Waals surface area contributed by atoms with E-state index < -0.39 is 0 Å². The zero-order valence-electron chi connectivity index (χ0n) is 19.7. The first-order valence-electron chi connectivity index (χ1n) is 12.4. The van der Waals surface area contributed by atoms with Gasteiger partial charge in [-0.3, -0.25) is 4.57 Å². The molecule has 0 bridgehead atoms. The van der Waals surface area contributed by atoms with Crippen molar-refractivity contribution in [3.63, 3.8) is 0 Å². The summed E-state index contributed by atoms with van der Waals surface area (Å²) in [6.07, 6.45) is 11.3. The molecule has 7 heteroatoms. The Balaban J connectivity index is 1.05. The number of nitrogens with zero attached hydrogens (tertiary/aromatic N) is 4. The first-order valence-corrected chi connectivity index (χ1v) is 12.4. The summed E-state index contributed by atoms with van der Waals surface area (Å²) in [5.74, 6) is 0. The molecule has 0 aliphatic carbocycles. The molecule has 1 aliphatic heterocycles. The van der Waals surface area contributed by atoms with Crippen molar-refractivity contribution < 1.29 is 5.11 Å². The third-order valence-corrected chi connectivity index (χ3v) is 7.09. The number of rotatable bonds is 10. The number of aliphatic hydroxyl groups is 1. The highest BCUT2D eigenvalue weighted by atomic mass is 16.3. The minimum atomic E-state index is 0.121. The van der Waals surface area contributed by atoms with Crippen molar-refractivity contribution in [2.75, 3.05) is 26.2 Å². The molecule has 2 aromatic heterocycles. The molecular weight excluding hydrogens is 424 g/mol. The molecule has 1 saturated heterocycles. The number of aromatic nitrogens is 4. The van der Waals surface area contributed by atoms with Crippen molar-refractivity contribution in [1.29, 1.82) is 0 Å². The number of fused-ring (bicyclic) bond motifs is 1. The van der Waals surface area contributed by atoms with Crippen LogP contribution in [0.15, 0.2) is 61.3 Å². The number of hydrogen-bond donors (Lipinski definition) is 3. The minimum absolute atomic E-state index is 0.121. The fourth-order valence-corrected chi connectivity index (χ4v) is 5.09. The van der Waals surface area contributed by atoms with E-state index in [9.17, 15) is 5.11 Å². The molecule has 0 amide bonds. The van der Waals surface area contributed by atoms with Gasteiger partial charge in [0.1, 0.15) is 12.7 Å². The van der Waals surface area contributed by atoms with Gasteiger partial charge in [-0.2, -0.15) is 0 Å². The zero-order valence-corrected chi connectivity index (χ0v) is 19.7. The number of benzene rings is 2. The molecule has 0 atom stereocenters. The SMILES string of the molecule is OCc1ccccc1CCNC1CCN(CCCc2c[nH]c3ccc(-n4cnnc4)cc23)CC1. The zero-order chi connectivity index (χ0) is 23.2. The Labute approximate surface area is 200 Å². The molecular formula is C27H34N6O. The van der Waals surface area contributed by atoms with Gasteiger partial charge in [0.15, 0.2) is 0 Å². The van der Waals surface area contributed by atoms with Gasteiger partial charge in [0.2, 0.25) is 0 Å². The van der Waals surface area contributed by atoms with E-state index in [0.717, 1.165) is 50.3 Å². The lowest BCUT2D eigenvalue weighted by Crippen LogP contribution is -2.43. The first kappa shape index (κ1) is 22.8. The van der Waals surface area contributed by atoms with Gasteiger partial charge in [-0.15, -0.1) is 10.2 Å². The van der Waals surface area contributed by atoms with Crippen molar-refractivity contribution >= 4 is 10.9 Å². The summed E-state index contributed by atoms with van der Waals surface area (Å²) in [4.78, 5) is 6.02. The number of aliphatic hydroxyl groups excluding tert-OH is 1. The molecule has 0 spiro atoms. The Kier molecular flexibility index (Phi) is 7.34. The van der Waals surface area contributed by atoms with E-state index in [-0.39, 0.29) is 6.61 Å². The van der Waals surface area contributed by atoms with Crippen molar-refractivity contribution in [2.45, 2.75) is 44.8 Å². The van der Waals surface area contributed by atoms with Gasteiger partial charge >= 0.3 is 0 Å². The maximum atomic E-state index is 9.50. The third-order valence-electron chi connectivity index (χ3n) is 7.09. The van der Waals surface area contributed by atoms with Crippen molar-refractivity contribution in [1.82, 2.24) is 30.0 Å². The molecule has 0 unspecified atom stereocenters. The molecule has 3 heterocycles. The van der Waals surface area contributed by atoms with Crippen LogP contribution in [0.3, 0.4) is 0 Å². The van der Waals surface area contributed by atoms with Gasteiger partial charge in [-0.05, 0) is 93.2 Å². The monoisotopic (exact) mass is 458 g/mol. The van der Waals surface area contributed by atoms with Crippen molar-refractivity contribution in [2.24, 2.45) is 0 Å². The van der Waals surface area contributed by atoms with Gasteiger partial charge in [0, 0.05) is 28.8 Å². The maximum absolute atomic E-state index is 9.50. The number of aryl methyl sites for hydroxylation is 1. The molecule has 0 radical (unpaired) electrons. The van der Waals surface area contributed by atoms with E-state index in [1.54, 1.807) is 12.7 Å². The highest BCUT2D eigenvalue weighted by molar-refractivity contribution is 5.85. The van der Waals surface area contributed by atoms with Gasteiger partial charge in [-0.25, -0.2) is 0 Å². The summed E-state index contributed by atoms with van der Waals surface area (Å²) < 4.78 is 1.94.